The van der Waals surface area contributed by atoms with Gasteiger partial charge >= 0.3 is 0 Å². The number of aromatic nitrogens is 1. The second kappa shape index (κ2) is 5.49. The molecule has 1 heterocycles. The topological polar surface area (TPSA) is 42.4 Å². The summed E-state index contributed by atoms with van der Waals surface area (Å²) in [6.07, 6.45) is 1.51. The highest BCUT2D eigenvalue weighted by molar-refractivity contribution is 9.10. The molecule has 0 fully saturated rings. The first-order valence-electron chi connectivity index (χ1n) is 4.88. The third kappa shape index (κ3) is 3.19. The molecule has 1 aromatic carbocycles. The zero-order chi connectivity index (χ0) is 12.3. The van der Waals surface area contributed by atoms with E-state index in [1.165, 1.54) is 6.20 Å². The number of hydrogen-bond donors (Lipinski definition) is 1. The van der Waals surface area contributed by atoms with Crippen molar-refractivity contribution in [1.29, 1.82) is 0 Å². The van der Waals surface area contributed by atoms with E-state index in [4.69, 9.17) is 21.4 Å². The van der Waals surface area contributed by atoms with Gasteiger partial charge in [-0.2, -0.15) is 0 Å². The maximum absolute atomic E-state index is 9.02. The summed E-state index contributed by atoms with van der Waals surface area (Å²) in [6.45, 7) is -0.0214. The van der Waals surface area contributed by atoms with E-state index in [2.05, 4.69) is 20.9 Å². The van der Waals surface area contributed by atoms with Crippen molar-refractivity contribution in [3.05, 3.63) is 51.6 Å². The number of ether oxygens (including phenoxy) is 1. The molecule has 0 aliphatic heterocycles. The Hall–Kier alpha value is -1.10. The number of nitrogens with zero attached hydrogens (tertiary/aromatic N) is 1. The highest BCUT2D eigenvalue weighted by Gasteiger charge is 2.05. The molecule has 0 bridgehead atoms. The Balaban J connectivity index is 2.25. The Kier molecular flexibility index (Phi) is 3.99. The minimum atomic E-state index is -0.0214. The summed E-state index contributed by atoms with van der Waals surface area (Å²) in [5.74, 6) is 1.05. The van der Waals surface area contributed by atoms with Crippen LogP contribution in [0.5, 0.6) is 11.6 Å². The van der Waals surface area contributed by atoms with Crippen LogP contribution in [0.15, 0.2) is 41.0 Å². The Bertz CT molecular complexity index is 534. The molecule has 0 saturated carbocycles. The van der Waals surface area contributed by atoms with E-state index >= 15 is 0 Å². The van der Waals surface area contributed by atoms with Crippen LogP contribution in [0.1, 0.15) is 5.56 Å². The summed E-state index contributed by atoms with van der Waals surface area (Å²) in [5.41, 5.74) is 0.785. The third-order valence-electron chi connectivity index (χ3n) is 2.07. The number of pyridine rings is 1. The van der Waals surface area contributed by atoms with Crippen LogP contribution >= 0.6 is 27.5 Å². The second-order valence-corrected chi connectivity index (χ2v) is 4.64. The van der Waals surface area contributed by atoms with Crippen molar-refractivity contribution >= 4 is 27.5 Å². The number of benzene rings is 1. The zero-order valence-electron chi connectivity index (χ0n) is 8.73. The molecular weight excluding hydrogens is 305 g/mol. The predicted molar refractivity (Wildman–Crippen MR) is 69.4 cm³/mol. The van der Waals surface area contributed by atoms with Crippen LogP contribution in [0.25, 0.3) is 0 Å². The van der Waals surface area contributed by atoms with Crippen LogP contribution < -0.4 is 4.74 Å². The minimum absolute atomic E-state index is 0.0214. The van der Waals surface area contributed by atoms with Gasteiger partial charge in [-0.3, -0.25) is 0 Å². The molecule has 0 amide bonds. The quantitative estimate of drug-likeness (QED) is 0.937. The first-order chi connectivity index (χ1) is 8.19. The van der Waals surface area contributed by atoms with Gasteiger partial charge in [0.25, 0.3) is 0 Å². The van der Waals surface area contributed by atoms with Gasteiger partial charge in [-0.1, -0.05) is 23.7 Å². The fourth-order valence-electron chi connectivity index (χ4n) is 1.30. The Morgan fingerprint density at radius 3 is 2.88 bits per heavy atom. The van der Waals surface area contributed by atoms with Crippen molar-refractivity contribution in [3.8, 4) is 11.6 Å². The Morgan fingerprint density at radius 1 is 1.35 bits per heavy atom. The van der Waals surface area contributed by atoms with E-state index in [1.54, 1.807) is 18.2 Å². The molecule has 0 spiro atoms. The van der Waals surface area contributed by atoms with Gasteiger partial charge in [0.15, 0.2) is 0 Å². The molecular formula is C12H9BrClNO2. The van der Waals surface area contributed by atoms with Crippen molar-refractivity contribution in [2.45, 2.75) is 6.61 Å². The molecule has 1 aromatic heterocycles. The fourth-order valence-corrected chi connectivity index (χ4v) is 2.02. The normalized spacial score (nSPS) is 10.3. The van der Waals surface area contributed by atoms with Crippen molar-refractivity contribution in [3.63, 3.8) is 0 Å². The van der Waals surface area contributed by atoms with Gasteiger partial charge in [0, 0.05) is 6.20 Å². The van der Waals surface area contributed by atoms with Gasteiger partial charge in [0.1, 0.15) is 5.75 Å². The van der Waals surface area contributed by atoms with Gasteiger partial charge < -0.3 is 9.84 Å². The summed E-state index contributed by atoms with van der Waals surface area (Å²) in [6, 6.07) is 8.88. The van der Waals surface area contributed by atoms with Crippen molar-refractivity contribution in [2.24, 2.45) is 0 Å². The molecule has 1 N–H and O–H groups in total. The highest BCUT2D eigenvalue weighted by atomic mass is 79.9. The molecule has 2 rings (SSSR count). The van der Waals surface area contributed by atoms with Gasteiger partial charge in [0.2, 0.25) is 5.88 Å². The van der Waals surface area contributed by atoms with Crippen LogP contribution in [0, 0.1) is 0 Å². The van der Waals surface area contributed by atoms with Crippen LogP contribution in [-0.4, -0.2) is 10.1 Å². The number of aliphatic hydroxyl groups is 1. The smallest absolute Gasteiger partial charge is 0.233 e. The molecule has 0 saturated heterocycles. The van der Waals surface area contributed by atoms with Gasteiger partial charge in [-0.15, -0.1) is 0 Å². The van der Waals surface area contributed by atoms with Crippen LogP contribution in [-0.2, 0) is 6.61 Å². The average molecular weight is 315 g/mol. The molecule has 5 heteroatoms. The van der Waals surface area contributed by atoms with Crippen LogP contribution in [0.2, 0.25) is 5.02 Å². The zero-order valence-corrected chi connectivity index (χ0v) is 11.1. The summed E-state index contributed by atoms with van der Waals surface area (Å²) in [7, 11) is 0. The lowest BCUT2D eigenvalue weighted by Crippen LogP contribution is -1.90. The van der Waals surface area contributed by atoms with Crippen molar-refractivity contribution in [1.82, 2.24) is 4.98 Å². The second-order valence-electron chi connectivity index (χ2n) is 3.35. The predicted octanol–water partition coefficient (Wildman–Crippen LogP) is 3.78. The summed E-state index contributed by atoms with van der Waals surface area (Å²) >= 11 is 9.11. The molecule has 88 valence electrons. The van der Waals surface area contributed by atoms with E-state index in [0.717, 1.165) is 5.56 Å². The molecule has 0 aliphatic carbocycles. The molecule has 0 aliphatic rings. The third-order valence-corrected chi connectivity index (χ3v) is 2.84. The number of aliphatic hydroxyl groups excluding tert-OH is 1. The highest BCUT2D eigenvalue weighted by Crippen LogP contribution is 2.29. The van der Waals surface area contributed by atoms with E-state index in [9.17, 15) is 0 Å². The van der Waals surface area contributed by atoms with E-state index in [-0.39, 0.29) is 6.61 Å². The standard InChI is InChI=1S/C12H9BrClNO2/c13-11-5-9(14)6-15-12(11)17-10-3-1-2-8(4-10)7-16/h1-6,16H,7H2. The Morgan fingerprint density at radius 2 is 2.18 bits per heavy atom. The van der Waals surface area contributed by atoms with E-state index in [0.29, 0.717) is 21.1 Å². The molecule has 0 radical (unpaired) electrons. The Labute approximate surface area is 112 Å². The van der Waals surface area contributed by atoms with Gasteiger partial charge in [-0.25, -0.2) is 4.98 Å². The number of hydrogen-bond acceptors (Lipinski definition) is 3. The monoisotopic (exact) mass is 313 g/mol. The first kappa shape index (κ1) is 12.4. The van der Waals surface area contributed by atoms with Crippen molar-refractivity contribution < 1.29 is 9.84 Å². The van der Waals surface area contributed by atoms with Gasteiger partial charge in [-0.05, 0) is 39.7 Å². The SMILES string of the molecule is OCc1cccc(Oc2ncc(Cl)cc2Br)c1. The largest absolute Gasteiger partial charge is 0.438 e. The molecule has 0 atom stereocenters. The molecule has 17 heavy (non-hydrogen) atoms. The van der Waals surface area contributed by atoms with E-state index < -0.39 is 0 Å². The maximum Gasteiger partial charge on any atom is 0.233 e. The molecule has 0 unspecified atom stereocenters. The summed E-state index contributed by atoms with van der Waals surface area (Å²) in [4.78, 5) is 4.07. The summed E-state index contributed by atoms with van der Waals surface area (Å²) in [5, 5.41) is 9.56. The summed E-state index contributed by atoms with van der Waals surface area (Å²) < 4.78 is 6.26. The van der Waals surface area contributed by atoms with E-state index in [1.807, 2.05) is 12.1 Å². The van der Waals surface area contributed by atoms with Gasteiger partial charge in [0.05, 0.1) is 16.1 Å². The van der Waals surface area contributed by atoms with Crippen LogP contribution in [0.3, 0.4) is 0 Å². The lowest BCUT2D eigenvalue weighted by atomic mass is 10.2. The maximum atomic E-state index is 9.02. The van der Waals surface area contributed by atoms with Crippen LogP contribution in [0.4, 0.5) is 0 Å². The fraction of sp³-hybridized carbons (Fsp3) is 0.0833. The number of rotatable bonds is 3. The minimum Gasteiger partial charge on any atom is -0.438 e. The van der Waals surface area contributed by atoms with Crippen molar-refractivity contribution in [2.75, 3.05) is 0 Å². The first-order valence-corrected chi connectivity index (χ1v) is 6.05. The number of halogens is 2. The lowest BCUT2D eigenvalue weighted by molar-refractivity contribution is 0.281. The molecule has 3 nitrogen and oxygen atoms in total. The lowest BCUT2D eigenvalue weighted by Gasteiger charge is -2.07. The molecule has 2 aromatic rings. The average Bonchev–Trinajstić information content (AvgIpc) is 2.33.